The Kier molecular flexibility index (Phi) is 7.81. The molecule has 3 aliphatic rings. The highest BCUT2D eigenvalue weighted by Crippen LogP contribution is 2.65. The molecule has 2 saturated carbocycles. The third-order valence-corrected chi connectivity index (χ3v) is 9.48. The Labute approximate surface area is 234 Å². The molecule has 2 fully saturated rings. The number of carbonyl (C=O) groups is 3. The van der Waals surface area contributed by atoms with Crippen LogP contribution in [0.25, 0.3) is 0 Å². The maximum absolute atomic E-state index is 13.6. The Morgan fingerprint density at radius 3 is 2.12 bits per heavy atom. The van der Waals surface area contributed by atoms with Crippen LogP contribution in [0, 0.1) is 16.7 Å². The zero-order valence-electron chi connectivity index (χ0n) is 24.0. The largest absolute Gasteiger partial charge is 0.462 e. The number of aliphatic hydroxyl groups excluding tert-OH is 2. The number of hydrogen-bond donors (Lipinski definition) is 3. The van der Waals surface area contributed by atoms with E-state index in [0.29, 0.717) is 16.7 Å². The Morgan fingerprint density at radius 2 is 1.57 bits per heavy atom. The molecule has 0 heterocycles. The van der Waals surface area contributed by atoms with E-state index in [2.05, 4.69) is 6.58 Å². The van der Waals surface area contributed by atoms with Gasteiger partial charge in [-0.25, -0.2) is 4.79 Å². The molecule has 0 spiro atoms. The van der Waals surface area contributed by atoms with Crippen LogP contribution in [0.5, 0.6) is 0 Å². The van der Waals surface area contributed by atoms with Crippen molar-refractivity contribution in [2.24, 2.45) is 16.7 Å². The Morgan fingerprint density at radius 1 is 0.975 bits per heavy atom. The molecule has 1 aromatic carbocycles. The molecule has 4 rings (SSSR count). The van der Waals surface area contributed by atoms with Gasteiger partial charge >= 0.3 is 17.9 Å². The highest BCUT2D eigenvalue weighted by Gasteiger charge is 2.68. The molecule has 9 nitrogen and oxygen atoms in total. The molecule has 1 aromatic rings. The van der Waals surface area contributed by atoms with Crippen LogP contribution < -0.4 is 0 Å². The molecule has 8 atom stereocenters. The summed E-state index contributed by atoms with van der Waals surface area (Å²) in [6.07, 6.45) is -5.14. The minimum atomic E-state index is -1.45. The van der Waals surface area contributed by atoms with Crippen molar-refractivity contribution in [2.45, 2.75) is 96.9 Å². The molecule has 0 aromatic heterocycles. The number of hydrogen-bond acceptors (Lipinski definition) is 9. The summed E-state index contributed by atoms with van der Waals surface area (Å²) in [6.45, 7) is 13.4. The predicted molar refractivity (Wildman–Crippen MR) is 145 cm³/mol. The second kappa shape index (κ2) is 10.4. The highest BCUT2D eigenvalue weighted by atomic mass is 16.6. The van der Waals surface area contributed by atoms with E-state index in [4.69, 9.17) is 14.2 Å². The monoisotopic (exact) mass is 556 g/mol. The van der Waals surface area contributed by atoms with Gasteiger partial charge in [-0.15, -0.1) is 0 Å². The molecule has 0 bridgehead atoms. The summed E-state index contributed by atoms with van der Waals surface area (Å²) < 4.78 is 18.0. The summed E-state index contributed by atoms with van der Waals surface area (Å²) in [5.41, 5.74) is -2.19. The molecule has 0 aliphatic heterocycles. The smallest absolute Gasteiger partial charge is 0.338 e. The van der Waals surface area contributed by atoms with Crippen molar-refractivity contribution in [1.82, 2.24) is 0 Å². The lowest BCUT2D eigenvalue weighted by molar-refractivity contribution is -0.195. The number of benzene rings is 1. The maximum atomic E-state index is 13.6. The average molecular weight is 557 g/mol. The van der Waals surface area contributed by atoms with E-state index in [0.717, 1.165) is 0 Å². The molecule has 2 unspecified atom stereocenters. The first kappa shape index (κ1) is 30.0. The molecule has 218 valence electrons. The van der Waals surface area contributed by atoms with Crippen LogP contribution in [0.15, 0.2) is 53.6 Å². The zero-order valence-corrected chi connectivity index (χ0v) is 24.0. The second-order valence-electron chi connectivity index (χ2n) is 12.2. The Balaban J connectivity index is 2.04. The van der Waals surface area contributed by atoms with Gasteiger partial charge in [0.15, 0.2) is 12.2 Å². The van der Waals surface area contributed by atoms with Gasteiger partial charge in [0.2, 0.25) is 0 Å². The molecule has 3 N–H and O–H groups in total. The van der Waals surface area contributed by atoms with Crippen molar-refractivity contribution in [3.8, 4) is 0 Å². The van der Waals surface area contributed by atoms with Gasteiger partial charge < -0.3 is 29.5 Å². The van der Waals surface area contributed by atoms with E-state index in [9.17, 15) is 29.7 Å². The van der Waals surface area contributed by atoms with Gasteiger partial charge in [-0.05, 0) is 68.4 Å². The number of carbonyl (C=O) groups excluding carboxylic acids is 3. The fourth-order valence-corrected chi connectivity index (χ4v) is 7.31. The summed E-state index contributed by atoms with van der Waals surface area (Å²) >= 11 is 0. The number of fused-ring (bicyclic) bond motifs is 2. The molecule has 9 heteroatoms. The third-order valence-electron chi connectivity index (χ3n) is 9.48. The zero-order chi connectivity index (χ0) is 29.8. The molecule has 40 heavy (non-hydrogen) atoms. The molecule has 3 aliphatic carbocycles. The Hall–Kier alpha value is -3.01. The van der Waals surface area contributed by atoms with Gasteiger partial charge in [-0.2, -0.15) is 0 Å². The fourth-order valence-electron chi connectivity index (χ4n) is 7.31. The van der Waals surface area contributed by atoms with Gasteiger partial charge in [0.25, 0.3) is 0 Å². The van der Waals surface area contributed by atoms with Crippen LogP contribution in [0.1, 0.15) is 71.2 Å². The van der Waals surface area contributed by atoms with Gasteiger partial charge in [0.05, 0.1) is 28.8 Å². The number of rotatable bonds is 5. The summed E-state index contributed by atoms with van der Waals surface area (Å²) in [4.78, 5) is 38.5. The molecule has 0 saturated heterocycles. The van der Waals surface area contributed by atoms with E-state index in [1.807, 2.05) is 0 Å². The summed E-state index contributed by atoms with van der Waals surface area (Å²) in [7, 11) is 0. The van der Waals surface area contributed by atoms with Crippen molar-refractivity contribution in [1.29, 1.82) is 0 Å². The first-order valence-corrected chi connectivity index (χ1v) is 13.6. The second-order valence-corrected chi connectivity index (χ2v) is 12.2. The summed E-state index contributed by atoms with van der Waals surface area (Å²) in [5.74, 6) is -2.59. The van der Waals surface area contributed by atoms with E-state index >= 15 is 0 Å². The Bertz CT molecular complexity index is 1230. The van der Waals surface area contributed by atoms with Crippen molar-refractivity contribution in [3.63, 3.8) is 0 Å². The van der Waals surface area contributed by atoms with Crippen LogP contribution in [0.2, 0.25) is 0 Å². The lowest BCUT2D eigenvalue weighted by atomic mass is 9.56. The molecular weight excluding hydrogens is 516 g/mol. The minimum absolute atomic E-state index is 0.00129. The van der Waals surface area contributed by atoms with Gasteiger partial charge in [0.1, 0.15) is 6.10 Å². The van der Waals surface area contributed by atoms with Crippen molar-refractivity contribution in [2.75, 3.05) is 0 Å². The van der Waals surface area contributed by atoms with E-state index in [1.54, 1.807) is 58.0 Å². The lowest BCUT2D eigenvalue weighted by Gasteiger charge is -2.53. The van der Waals surface area contributed by atoms with Gasteiger partial charge in [-0.1, -0.05) is 31.7 Å². The highest BCUT2D eigenvalue weighted by molar-refractivity contribution is 5.89. The minimum Gasteiger partial charge on any atom is -0.462 e. The fraction of sp³-hybridized carbons (Fsp3) is 0.581. The van der Waals surface area contributed by atoms with E-state index < -0.39 is 70.8 Å². The molecular formula is C31H40O9. The predicted octanol–water partition coefficient (Wildman–Crippen LogP) is 3.26. The van der Waals surface area contributed by atoms with Crippen LogP contribution in [0.4, 0.5) is 0 Å². The van der Waals surface area contributed by atoms with E-state index in [1.165, 1.54) is 13.8 Å². The SMILES string of the molecule is C=C1C2C[C@]3(C(C)(C)O)CC(O)C(C)=C3[C@@H](OC(=O)c3ccccc3)[C@H](OC(C)=O)[C@]2(C)[C@@H](OC(C)=O)C[C@@H]1O. The van der Waals surface area contributed by atoms with E-state index in [-0.39, 0.29) is 24.8 Å². The molecule has 0 radical (unpaired) electrons. The average Bonchev–Trinajstić information content (AvgIpc) is 3.07. The maximum Gasteiger partial charge on any atom is 0.338 e. The van der Waals surface area contributed by atoms with Crippen LogP contribution >= 0.6 is 0 Å². The van der Waals surface area contributed by atoms with Crippen LogP contribution in [0.3, 0.4) is 0 Å². The molecule has 0 amide bonds. The van der Waals surface area contributed by atoms with Crippen LogP contribution in [-0.4, -0.2) is 69.3 Å². The van der Waals surface area contributed by atoms with Gasteiger partial charge in [0, 0.05) is 25.7 Å². The first-order chi connectivity index (χ1) is 18.5. The normalized spacial score (nSPS) is 35.8. The lowest BCUT2D eigenvalue weighted by Crippen LogP contribution is -2.60. The summed E-state index contributed by atoms with van der Waals surface area (Å²) in [5, 5.41) is 34.0. The quantitative estimate of drug-likeness (QED) is 0.283. The van der Waals surface area contributed by atoms with Crippen LogP contribution in [-0.2, 0) is 23.8 Å². The number of esters is 3. The topological polar surface area (TPSA) is 140 Å². The van der Waals surface area contributed by atoms with Crippen molar-refractivity contribution < 1.29 is 43.9 Å². The van der Waals surface area contributed by atoms with Crippen molar-refractivity contribution in [3.05, 3.63) is 59.2 Å². The number of ether oxygens (including phenoxy) is 3. The van der Waals surface area contributed by atoms with Crippen molar-refractivity contribution >= 4 is 17.9 Å². The third kappa shape index (κ3) is 4.78. The number of aliphatic hydroxyl groups is 3. The standard InChI is InChI=1S/C31H40O9/c1-16-21-14-31(29(5,6)37)15-23(35)17(2)25(31)26(40-28(36)20-11-9-8-10-12-20)27(39-19(4)33)30(21,7)24(13-22(16)34)38-18(3)32/h8-12,21-24,26-27,34-35,37H,1,13-15H2,2-7H3/t21?,22-,23?,24-,26+,27-,30-,31-/m0/s1. The summed E-state index contributed by atoms with van der Waals surface area (Å²) in [6, 6.07) is 8.34. The first-order valence-electron chi connectivity index (χ1n) is 13.6. The van der Waals surface area contributed by atoms with Gasteiger partial charge in [-0.3, -0.25) is 9.59 Å².